The Kier molecular flexibility index (Phi) is 67.6. The average Bonchev–Trinajstić information content (AvgIpc) is 3.46. The SMILES string of the molecule is CCCCCCC/C=C\C/C=C\CCCCCCCCCCCCCCCCCCCCCCCCCC(=O)OCC(COC(=O)CCCCCCC)OC(=O)CCCCCCCCCCCCCCCCCCCCCCCC. The summed E-state index contributed by atoms with van der Waals surface area (Å²) in [5.74, 6) is -0.848. The second kappa shape index (κ2) is 69.4. The van der Waals surface area contributed by atoms with E-state index in [4.69, 9.17) is 14.2 Å². The Labute approximate surface area is 500 Å². The summed E-state index contributed by atoms with van der Waals surface area (Å²) < 4.78 is 16.8. The molecule has 0 saturated heterocycles. The summed E-state index contributed by atoms with van der Waals surface area (Å²) in [6, 6.07) is 0. The molecule has 472 valence electrons. The quantitative estimate of drug-likeness (QED) is 0.0261. The molecule has 0 bridgehead atoms. The van der Waals surface area contributed by atoms with E-state index >= 15 is 0 Å². The van der Waals surface area contributed by atoms with Crippen LogP contribution in [-0.2, 0) is 28.6 Å². The van der Waals surface area contributed by atoms with Crippen LogP contribution in [0.2, 0.25) is 0 Å². The maximum atomic E-state index is 12.8. The first-order valence-corrected chi connectivity index (χ1v) is 36.3. The fourth-order valence-electron chi connectivity index (χ4n) is 11.2. The van der Waals surface area contributed by atoms with Crippen molar-refractivity contribution in [2.24, 2.45) is 0 Å². The first-order chi connectivity index (χ1) is 39.5. The molecule has 0 amide bonds. The Morgan fingerprint density at radius 3 is 0.688 bits per heavy atom. The van der Waals surface area contributed by atoms with Crippen molar-refractivity contribution in [1.82, 2.24) is 0 Å². The van der Waals surface area contributed by atoms with Crippen LogP contribution in [0.1, 0.15) is 412 Å². The predicted molar refractivity (Wildman–Crippen MR) is 349 cm³/mol. The van der Waals surface area contributed by atoms with Crippen molar-refractivity contribution in [2.75, 3.05) is 13.2 Å². The topological polar surface area (TPSA) is 78.9 Å². The number of hydrogen-bond acceptors (Lipinski definition) is 6. The summed E-state index contributed by atoms with van der Waals surface area (Å²) in [4.78, 5) is 38.0. The monoisotopic (exact) mass is 1130 g/mol. The first kappa shape index (κ1) is 77.9. The van der Waals surface area contributed by atoms with E-state index in [9.17, 15) is 14.4 Å². The highest BCUT2D eigenvalue weighted by molar-refractivity contribution is 5.71. The molecular weight excluding hydrogens is 985 g/mol. The molecule has 0 rings (SSSR count). The molecule has 0 N–H and O–H groups in total. The molecule has 80 heavy (non-hydrogen) atoms. The number of carbonyl (C=O) groups excluding carboxylic acids is 3. The number of unbranched alkanes of at least 4 members (excludes halogenated alkanes) is 53. The van der Waals surface area contributed by atoms with Crippen molar-refractivity contribution in [1.29, 1.82) is 0 Å². The smallest absolute Gasteiger partial charge is 0.306 e. The minimum absolute atomic E-state index is 0.0642. The Morgan fingerprint density at radius 2 is 0.450 bits per heavy atom. The highest BCUT2D eigenvalue weighted by Gasteiger charge is 2.19. The van der Waals surface area contributed by atoms with E-state index in [1.54, 1.807) is 0 Å². The predicted octanol–water partition coefficient (Wildman–Crippen LogP) is 25.0. The van der Waals surface area contributed by atoms with Gasteiger partial charge in [-0.3, -0.25) is 14.4 Å². The standard InChI is InChI=1S/C74H140O6/c1-4-7-10-13-15-17-19-21-23-25-27-29-31-32-33-34-35-36-37-38-39-40-41-42-43-45-46-48-50-52-54-56-58-61-64-67-73(76)79-70-71(69-78-72(75)66-63-60-12-9-6-3)80-74(77)68-65-62-59-57-55-53-51-49-47-44-30-28-26-24-22-20-18-16-14-11-8-5-2/h19,21,25,27,71H,4-18,20,22-24,26,28-70H2,1-3H3/b21-19-,27-25-. The van der Waals surface area contributed by atoms with Gasteiger partial charge >= 0.3 is 17.9 Å². The number of esters is 3. The van der Waals surface area contributed by atoms with Gasteiger partial charge in [-0.05, 0) is 51.4 Å². The molecule has 0 radical (unpaired) electrons. The number of hydrogen-bond donors (Lipinski definition) is 0. The van der Waals surface area contributed by atoms with Gasteiger partial charge in [0.15, 0.2) is 6.10 Å². The molecule has 0 aromatic rings. The van der Waals surface area contributed by atoms with Crippen LogP contribution in [0.3, 0.4) is 0 Å². The third-order valence-electron chi connectivity index (χ3n) is 16.7. The van der Waals surface area contributed by atoms with Gasteiger partial charge in [-0.15, -0.1) is 0 Å². The van der Waals surface area contributed by atoms with E-state index in [0.29, 0.717) is 19.3 Å². The van der Waals surface area contributed by atoms with Gasteiger partial charge in [0.2, 0.25) is 0 Å². The van der Waals surface area contributed by atoms with Crippen LogP contribution in [0.25, 0.3) is 0 Å². The van der Waals surface area contributed by atoms with Crippen molar-refractivity contribution in [3.63, 3.8) is 0 Å². The second-order valence-electron chi connectivity index (χ2n) is 24.9. The Bertz CT molecular complexity index is 1290. The molecule has 1 atom stereocenters. The van der Waals surface area contributed by atoms with Crippen LogP contribution in [0.4, 0.5) is 0 Å². The van der Waals surface area contributed by atoms with Crippen LogP contribution in [0, 0.1) is 0 Å². The van der Waals surface area contributed by atoms with Crippen molar-refractivity contribution < 1.29 is 28.6 Å². The molecule has 0 aromatic heterocycles. The van der Waals surface area contributed by atoms with E-state index in [1.807, 2.05) is 0 Å². The summed E-state index contributed by atoms with van der Waals surface area (Å²) in [5.41, 5.74) is 0. The zero-order chi connectivity index (χ0) is 57.8. The summed E-state index contributed by atoms with van der Waals surface area (Å²) in [6.07, 6.45) is 85.7. The maximum Gasteiger partial charge on any atom is 0.306 e. The minimum Gasteiger partial charge on any atom is -0.462 e. The Balaban J connectivity index is 3.85. The summed E-state index contributed by atoms with van der Waals surface area (Å²) in [5, 5.41) is 0. The normalized spacial score (nSPS) is 12.1. The second-order valence-corrected chi connectivity index (χ2v) is 24.9. The molecule has 0 heterocycles. The molecule has 6 nitrogen and oxygen atoms in total. The van der Waals surface area contributed by atoms with Gasteiger partial charge in [0.25, 0.3) is 0 Å². The van der Waals surface area contributed by atoms with Gasteiger partial charge in [-0.25, -0.2) is 0 Å². The van der Waals surface area contributed by atoms with Crippen LogP contribution in [-0.4, -0.2) is 37.2 Å². The zero-order valence-electron chi connectivity index (χ0n) is 54.4. The molecule has 0 aliphatic carbocycles. The maximum absolute atomic E-state index is 12.8. The van der Waals surface area contributed by atoms with Crippen molar-refractivity contribution in [2.45, 2.75) is 419 Å². The Morgan fingerprint density at radius 1 is 0.250 bits per heavy atom. The lowest BCUT2D eigenvalue weighted by Crippen LogP contribution is -2.30. The lowest BCUT2D eigenvalue weighted by Gasteiger charge is -2.18. The molecule has 0 fully saturated rings. The van der Waals surface area contributed by atoms with Crippen LogP contribution in [0.5, 0.6) is 0 Å². The van der Waals surface area contributed by atoms with E-state index in [1.165, 1.54) is 302 Å². The molecule has 0 spiro atoms. The summed E-state index contributed by atoms with van der Waals surface area (Å²) in [7, 11) is 0. The molecular formula is C74H140O6. The average molecular weight is 1130 g/mol. The van der Waals surface area contributed by atoms with E-state index in [2.05, 4.69) is 45.1 Å². The third kappa shape index (κ3) is 66.7. The largest absolute Gasteiger partial charge is 0.462 e. The highest BCUT2D eigenvalue weighted by atomic mass is 16.6. The minimum atomic E-state index is -0.763. The van der Waals surface area contributed by atoms with Gasteiger partial charge in [0, 0.05) is 19.3 Å². The Hall–Kier alpha value is -2.11. The number of carbonyl (C=O) groups is 3. The van der Waals surface area contributed by atoms with Gasteiger partial charge in [0.05, 0.1) is 0 Å². The van der Waals surface area contributed by atoms with E-state index < -0.39 is 6.10 Å². The first-order valence-electron chi connectivity index (χ1n) is 36.3. The molecule has 0 aliphatic heterocycles. The van der Waals surface area contributed by atoms with Crippen LogP contribution >= 0.6 is 0 Å². The molecule has 0 saturated carbocycles. The van der Waals surface area contributed by atoms with E-state index in [0.717, 1.165) is 70.6 Å². The van der Waals surface area contributed by atoms with Crippen molar-refractivity contribution >= 4 is 17.9 Å². The molecule has 6 heteroatoms. The van der Waals surface area contributed by atoms with E-state index in [-0.39, 0.29) is 31.1 Å². The third-order valence-corrected chi connectivity index (χ3v) is 16.7. The zero-order valence-corrected chi connectivity index (χ0v) is 54.4. The van der Waals surface area contributed by atoms with Crippen LogP contribution < -0.4 is 0 Å². The fraction of sp³-hybridized carbons (Fsp3) is 0.905. The van der Waals surface area contributed by atoms with Gasteiger partial charge in [-0.1, -0.05) is 366 Å². The van der Waals surface area contributed by atoms with Crippen LogP contribution in [0.15, 0.2) is 24.3 Å². The lowest BCUT2D eigenvalue weighted by molar-refractivity contribution is -0.167. The molecule has 0 aromatic carbocycles. The van der Waals surface area contributed by atoms with Gasteiger partial charge < -0.3 is 14.2 Å². The van der Waals surface area contributed by atoms with Gasteiger partial charge in [-0.2, -0.15) is 0 Å². The number of allylic oxidation sites excluding steroid dienone is 4. The fourth-order valence-corrected chi connectivity index (χ4v) is 11.2. The van der Waals surface area contributed by atoms with Crippen molar-refractivity contribution in [3.8, 4) is 0 Å². The molecule has 0 aliphatic rings. The van der Waals surface area contributed by atoms with Crippen molar-refractivity contribution in [3.05, 3.63) is 24.3 Å². The lowest BCUT2D eigenvalue weighted by atomic mass is 10.0. The summed E-state index contributed by atoms with van der Waals surface area (Å²) >= 11 is 0. The summed E-state index contributed by atoms with van der Waals surface area (Å²) in [6.45, 7) is 6.62. The van der Waals surface area contributed by atoms with Gasteiger partial charge in [0.1, 0.15) is 13.2 Å². The number of rotatable bonds is 68. The highest BCUT2D eigenvalue weighted by Crippen LogP contribution is 2.19. The molecule has 1 unspecified atom stereocenters. The number of ether oxygens (including phenoxy) is 3.